The highest BCUT2D eigenvalue weighted by Gasteiger charge is 2.05. The van der Waals surface area contributed by atoms with Gasteiger partial charge in [0.1, 0.15) is 5.75 Å². The molecule has 0 saturated carbocycles. The molecular weight excluding hydrogens is 212 g/mol. The van der Waals surface area contributed by atoms with Gasteiger partial charge in [0.2, 0.25) is 0 Å². The molecule has 0 aliphatic carbocycles. The molecule has 4 heteroatoms. The molecule has 0 spiro atoms. The maximum atomic E-state index is 5.99. The maximum absolute atomic E-state index is 5.99. The van der Waals surface area contributed by atoms with Gasteiger partial charge in [0.15, 0.2) is 0 Å². The fraction of sp³-hybridized carbons (Fsp3) is 0.455. The third-order valence-electron chi connectivity index (χ3n) is 2.24. The molecule has 3 nitrogen and oxygen atoms in total. The van der Waals surface area contributed by atoms with Crippen molar-refractivity contribution in [2.24, 2.45) is 11.5 Å². The van der Waals surface area contributed by atoms with Crippen LogP contribution in [-0.2, 0) is 0 Å². The second-order valence-corrected chi connectivity index (χ2v) is 3.31. The minimum Gasteiger partial charge on any atom is -0.497 e. The van der Waals surface area contributed by atoms with Crippen molar-refractivity contribution in [3.63, 3.8) is 0 Å². The predicted molar refractivity (Wildman–Crippen MR) is 65.5 cm³/mol. The van der Waals surface area contributed by atoms with Gasteiger partial charge >= 0.3 is 0 Å². The third kappa shape index (κ3) is 4.51. The van der Waals surface area contributed by atoms with E-state index in [4.69, 9.17) is 16.2 Å². The number of benzene rings is 1. The smallest absolute Gasteiger partial charge is 0.119 e. The first-order valence-electron chi connectivity index (χ1n) is 4.87. The summed E-state index contributed by atoms with van der Waals surface area (Å²) in [4.78, 5) is 0. The second-order valence-electron chi connectivity index (χ2n) is 3.31. The Labute approximate surface area is 97.2 Å². The fourth-order valence-electron chi connectivity index (χ4n) is 1.38. The first-order chi connectivity index (χ1) is 6.77. The lowest BCUT2D eigenvalue weighted by Crippen LogP contribution is -2.12. The van der Waals surface area contributed by atoms with Gasteiger partial charge in [-0.2, -0.15) is 0 Å². The predicted octanol–water partition coefficient (Wildman–Crippen LogP) is 1.86. The molecule has 0 aliphatic heterocycles. The molecule has 1 aromatic rings. The number of hydrogen-bond donors (Lipinski definition) is 2. The van der Waals surface area contributed by atoms with Gasteiger partial charge in [-0.3, -0.25) is 0 Å². The van der Waals surface area contributed by atoms with E-state index in [1.807, 2.05) is 24.3 Å². The summed E-state index contributed by atoms with van der Waals surface area (Å²) in [6.07, 6.45) is 1.88. The van der Waals surface area contributed by atoms with E-state index in [0.717, 1.165) is 24.2 Å². The van der Waals surface area contributed by atoms with Crippen LogP contribution in [0, 0.1) is 0 Å². The Morgan fingerprint density at radius 2 is 2.13 bits per heavy atom. The third-order valence-corrected chi connectivity index (χ3v) is 2.24. The topological polar surface area (TPSA) is 61.3 Å². The van der Waals surface area contributed by atoms with Gasteiger partial charge in [-0.05, 0) is 37.1 Å². The summed E-state index contributed by atoms with van der Waals surface area (Å²) in [6.45, 7) is 0.692. The molecule has 0 saturated heterocycles. The lowest BCUT2D eigenvalue weighted by molar-refractivity contribution is 0.413. The molecule has 0 aliphatic rings. The number of ether oxygens (including phenoxy) is 1. The van der Waals surface area contributed by atoms with Crippen LogP contribution in [-0.4, -0.2) is 13.7 Å². The lowest BCUT2D eigenvalue weighted by Gasteiger charge is -2.12. The highest BCUT2D eigenvalue weighted by Crippen LogP contribution is 2.20. The van der Waals surface area contributed by atoms with Crippen molar-refractivity contribution in [3.8, 4) is 5.75 Å². The van der Waals surface area contributed by atoms with E-state index in [1.165, 1.54) is 0 Å². The van der Waals surface area contributed by atoms with E-state index in [9.17, 15) is 0 Å². The van der Waals surface area contributed by atoms with E-state index in [1.54, 1.807) is 7.11 Å². The molecule has 0 radical (unpaired) electrons. The van der Waals surface area contributed by atoms with Crippen molar-refractivity contribution in [1.29, 1.82) is 0 Å². The second kappa shape index (κ2) is 7.51. The number of halogens is 1. The van der Waals surface area contributed by atoms with Gasteiger partial charge in [0, 0.05) is 6.04 Å². The van der Waals surface area contributed by atoms with E-state index < -0.39 is 0 Å². The molecule has 0 amide bonds. The van der Waals surface area contributed by atoms with Gasteiger partial charge in [-0.1, -0.05) is 12.1 Å². The molecule has 1 rings (SSSR count). The molecule has 4 N–H and O–H groups in total. The van der Waals surface area contributed by atoms with E-state index >= 15 is 0 Å². The monoisotopic (exact) mass is 230 g/mol. The van der Waals surface area contributed by atoms with Crippen molar-refractivity contribution in [1.82, 2.24) is 0 Å². The summed E-state index contributed by atoms with van der Waals surface area (Å²) in [5.41, 5.74) is 12.5. The number of methoxy groups -OCH3 is 1. The van der Waals surface area contributed by atoms with Crippen molar-refractivity contribution >= 4 is 12.4 Å². The average molecular weight is 231 g/mol. The standard InChI is InChI=1S/C11H18N2O.ClH/c1-14-10-5-2-4-9(8-10)11(13)6-3-7-12;/h2,4-5,8,11H,3,6-7,12-13H2,1H3;1H/t11-;/m0./s1. The summed E-state index contributed by atoms with van der Waals surface area (Å²) >= 11 is 0. The SMILES string of the molecule is COc1cccc([C@@H](N)CCCN)c1.Cl. The zero-order valence-electron chi connectivity index (χ0n) is 8.98. The minimum atomic E-state index is 0. The van der Waals surface area contributed by atoms with E-state index in [-0.39, 0.29) is 18.4 Å². The maximum Gasteiger partial charge on any atom is 0.119 e. The molecule has 15 heavy (non-hydrogen) atoms. The molecule has 0 aromatic heterocycles. The minimum absolute atomic E-state index is 0. The highest BCUT2D eigenvalue weighted by atomic mass is 35.5. The first kappa shape index (κ1) is 14.2. The number of nitrogens with two attached hydrogens (primary N) is 2. The molecule has 0 heterocycles. The summed E-state index contributed by atoms with van der Waals surface area (Å²) in [5, 5.41) is 0. The van der Waals surface area contributed by atoms with Crippen LogP contribution in [0.5, 0.6) is 5.75 Å². The zero-order valence-corrected chi connectivity index (χ0v) is 9.80. The van der Waals surface area contributed by atoms with Crippen LogP contribution in [0.3, 0.4) is 0 Å². The Kier molecular flexibility index (Phi) is 7.13. The molecule has 0 bridgehead atoms. The van der Waals surface area contributed by atoms with Crippen molar-refractivity contribution in [2.45, 2.75) is 18.9 Å². The van der Waals surface area contributed by atoms with Crippen molar-refractivity contribution in [3.05, 3.63) is 29.8 Å². The Bertz CT molecular complexity index is 281. The molecule has 1 atom stereocenters. The normalized spacial score (nSPS) is 11.7. The van der Waals surface area contributed by atoms with E-state index in [2.05, 4.69) is 0 Å². The Morgan fingerprint density at radius 1 is 1.40 bits per heavy atom. The quantitative estimate of drug-likeness (QED) is 0.812. The Morgan fingerprint density at radius 3 is 2.73 bits per heavy atom. The van der Waals surface area contributed by atoms with Crippen LogP contribution < -0.4 is 16.2 Å². The summed E-state index contributed by atoms with van der Waals surface area (Å²) in [6, 6.07) is 7.93. The summed E-state index contributed by atoms with van der Waals surface area (Å²) in [5.74, 6) is 0.852. The van der Waals surface area contributed by atoms with Crippen LogP contribution in [0.25, 0.3) is 0 Å². The van der Waals surface area contributed by atoms with E-state index in [0.29, 0.717) is 6.54 Å². The van der Waals surface area contributed by atoms with Gasteiger partial charge in [-0.25, -0.2) is 0 Å². The van der Waals surface area contributed by atoms with Crippen LogP contribution in [0.4, 0.5) is 0 Å². The number of hydrogen-bond acceptors (Lipinski definition) is 3. The van der Waals surface area contributed by atoms with Gasteiger partial charge in [-0.15, -0.1) is 12.4 Å². The molecule has 0 unspecified atom stereocenters. The largest absolute Gasteiger partial charge is 0.497 e. The average Bonchev–Trinajstić information content (AvgIpc) is 2.26. The van der Waals surface area contributed by atoms with Crippen LogP contribution in [0.15, 0.2) is 24.3 Å². The number of rotatable bonds is 5. The van der Waals surface area contributed by atoms with Gasteiger partial charge in [0.25, 0.3) is 0 Å². The summed E-state index contributed by atoms with van der Waals surface area (Å²) in [7, 11) is 1.66. The van der Waals surface area contributed by atoms with Gasteiger partial charge < -0.3 is 16.2 Å². The van der Waals surface area contributed by atoms with Gasteiger partial charge in [0.05, 0.1) is 7.11 Å². The molecule has 1 aromatic carbocycles. The molecule has 0 fully saturated rings. The lowest BCUT2D eigenvalue weighted by atomic mass is 10.0. The molecular formula is C11H19ClN2O. The Balaban J connectivity index is 0.00000196. The van der Waals surface area contributed by atoms with Crippen LogP contribution in [0.2, 0.25) is 0 Å². The molecule has 86 valence electrons. The highest BCUT2D eigenvalue weighted by molar-refractivity contribution is 5.85. The summed E-state index contributed by atoms with van der Waals surface area (Å²) < 4.78 is 5.13. The van der Waals surface area contributed by atoms with Crippen molar-refractivity contribution in [2.75, 3.05) is 13.7 Å². The fourth-order valence-corrected chi connectivity index (χ4v) is 1.38. The zero-order chi connectivity index (χ0) is 10.4. The Hall–Kier alpha value is -0.770. The van der Waals surface area contributed by atoms with Crippen LogP contribution in [0.1, 0.15) is 24.4 Å². The van der Waals surface area contributed by atoms with Crippen LogP contribution >= 0.6 is 12.4 Å². The first-order valence-corrected chi connectivity index (χ1v) is 4.87. The van der Waals surface area contributed by atoms with Crippen molar-refractivity contribution < 1.29 is 4.74 Å².